The Bertz CT molecular complexity index is 724. The van der Waals surface area contributed by atoms with Crippen molar-refractivity contribution in [2.45, 2.75) is 43.0 Å². The number of hydrogen-bond donors (Lipinski definition) is 2. The molecular weight excluding hydrogens is 334 g/mol. The number of nitrogens with zero attached hydrogens (tertiary/aromatic N) is 1. The summed E-state index contributed by atoms with van der Waals surface area (Å²) in [4.78, 5) is 19.5. The van der Waals surface area contributed by atoms with E-state index < -0.39 is 4.87 Å². The van der Waals surface area contributed by atoms with Gasteiger partial charge in [0.1, 0.15) is 10.6 Å². The molecule has 1 aromatic heterocycles. The molecule has 2 heterocycles. The summed E-state index contributed by atoms with van der Waals surface area (Å²) < 4.78 is 0. The lowest BCUT2D eigenvalue weighted by molar-refractivity contribution is -0.0120. The summed E-state index contributed by atoms with van der Waals surface area (Å²) >= 11 is 6.66. The zero-order valence-corrected chi connectivity index (χ0v) is 15.0. The van der Waals surface area contributed by atoms with E-state index in [1.54, 1.807) is 6.21 Å². The minimum absolute atomic E-state index is 0.00674. The van der Waals surface area contributed by atoms with Crippen molar-refractivity contribution in [1.82, 2.24) is 10.3 Å². The zero-order valence-electron chi connectivity index (χ0n) is 14.2. The van der Waals surface area contributed by atoms with Gasteiger partial charge in [0.25, 0.3) is 5.91 Å². The van der Waals surface area contributed by atoms with Crippen LogP contribution in [0.1, 0.15) is 48.2 Å². The number of H-pyrrole nitrogens is 1. The monoisotopic (exact) mass is 357 g/mol. The van der Waals surface area contributed by atoms with E-state index in [-0.39, 0.29) is 5.91 Å². The summed E-state index contributed by atoms with van der Waals surface area (Å²) in [6.07, 6.45) is 14.0. The van der Waals surface area contributed by atoms with Crippen molar-refractivity contribution in [3.63, 3.8) is 0 Å². The van der Waals surface area contributed by atoms with Crippen LogP contribution in [0.25, 0.3) is 0 Å². The number of alkyl halides is 1. The van der Waals surface area contributed by atoms with E-state index in [1.165, 1.54) is 32.1 Å². The molecule has 0 aromatic carbocycles. The molecule has 4 aliphatic carbocycles. The molecule has 5 aliphatic rings. The lowest BCUT2D eigenvalue weighted by atomic mass is 9.54. The summed E-state index contributed by atoms with van der Waals surface area (Å²) in [5.74, 6) is 3.21. The van der Waals surface area contributed by atoms with Gasteiger partial charge < -0.3 is 10.3 Å². The van der Waals surface area contributed by atoms with Crippen LogP contribution >= 0.6 is 11.6 Å². The van der Waals surface area contributed by atoms with Crippen molar-refractivity contribution in [2.75, 3.05) is 6.54 Å². The molecule has 4 fully saturated rings. The molecule has 25 heavy (non-hydrogen) atoms. The fourth-order valence-corrected chi connectivity index (χ4v) is 6.09. The largest absolute Gasteiger partial charge is 0.357 e. The molecule has 132 valence electrons. The molecular formula is C20H24ClN3O. The molecule has 1 aromatic rings. The molecule has 4 bridgehead atoms. The van der Waals surface area contributed by atoms with Gasteiger partial charge in [-0.15, -0.1) is 11.6 Å². The molecule has 0 radical (unpaired) electrons. The second kappa shape index (κ2) is 5.73. The lowest BCUT2D eigenvalue weighted by Crippen LogP contribution is -2.55. The van der Waals surface area contributed by atoms with E-state index in [0.717, 1.165) is 17.4 Å². The third-order valence-electron chi connectivity index (χ3n) is 6.81. The van der Waals surface area contributed by atoms with Gasteiger partial charge in [0.05, 0.1) is 6.54 Å². The third-order valence-corrected chi connectivity index (χ3v) is 7.27. The maximum Gasteiger partial charge on any atom is 0.267 e. The predicted molar refractivity (Wildman–Crippen MR) is 99.1 cm³/mol. The first kappa shape index (κ1) is 15.7. The Morgan fingerprint density at radius 3 is 2.56 bits per heavy atom. The minimum Gasteiger partial charge on any atom is -0.357 e. The Hall–Kier alpha value is -1.55. The molecule has 1 atom stereocenters. The summed E-state index contributed by atoms with van der Waals surface area (Å²) in [6.45, 7) is 0.500. The lowest BCUT2D eigenvalue weighted by Gasteiger charge is -2.54. The number of halogens is 1. The average Bonchev–Trinajstić information content (AvgIpc) is 3.09. The number of dihydropyridines is 1. The third kappa shape index (κ3) is 2.66. The molecule has 1 unspecified atom stereocenters. The molecule has 0 spiro atoms. The van der Waals surface area contributed by atoms with Crippen LogP contribution in [0, 0.1) is 23.7 Å². The van der Waals surface area contributed by atoms with Crippen molar-refractivity contribution >= 4 is 23.7 Å². The first-order valence-corrected chi connectivity index (χ1v) is 9.85. The minimum atomic E-state index is -0.646. The first-order valence-electron chi connectivity index (χ1n) is 9.47. The quantitative estimate of drug-likeness (QED) is 0.797. The first-order chi connectivity index (χ1) is 12.1. The average molecular weight is 358 g/mol. The normalized spacial score (nSPS) is 41.2. The van der Waals surface area contributed by atoms with Crippen molar-refractivity contribution in [3.05, 3.63) is 35.7 Å². The van der Waals surface area contributed by atoms with E-state index in [4.69, 9.17) is 11.6 Å². The Kier molecular flexibility index (Phi) is 3.60. The molecule has 0 saturated heterocycles. The van der Waals surface area contributed by atoms with Gasteiger partial charge >= 0.3 is 0 Å². The van der Waals surface area contributed by atoms with E-state index >= 15 is 0 Å². The second-order valence-corrected chi connectivity index (χ2v) is 9.12. The number of amides is 1. The number of hydrogen-bond acceptors (Lipinski definition) is 2. The SMILES string of the molecule is O=C(NC1C2CC3CC(C2)CC1C3)c1cc(C2(Cl)C=CC=NC2)c[nH]1. The Labute approximate surface area is 153 Å². The number of carbonyl (C=O) groups is 1. The van der Waals surface area contributed by atoms with Crippen LogP contribution in [0.2, 0.25) is 0 Å². The molecule has 6 rings (SSSR count). The summed E-state index contributed by atoms with van der Waals surface area (Å²) in [7, 11) is 0. The van der Waals surface area contributed by atoms with Gasteiger partial charge in [-0.25, -0.2) is 0 Å². The maximum atomic E-state index is 12.8. The predicted octanol–water partition coefficient (Wildman–Crippen LogP) is 3.64. The van der Waals surface area contributed by atoms with E-state index in [0.29, 0.717) is 30.1 Å². The number of carbonyl (C=O) groups excluding carboxylic acids is 1. The highest BCUT2D eigenvalue weighted by Crippen LogP contribution is 2.53. The Morgan fingerprint density at radius 2 is 1.92 bits per heavy atom. The van der Waals surface area contributed by atoms with Crippen LogP contribution in [-0.2, 0) is 4.87 Å². The fraction of sp³-hybridized carbons (Fsp3) is 0.600. The van der Waals surface area contributed by atoms with Crippen molar-refractivity contribution < 1.29 is 4.79 Å². The van der Waals surface area contributed by atoms with Gasteiger partial charge in [0.15, 0.2) is 0 Å². The van der Waals surface area contributed by atoms with Gasteiger partial charge in [-0.05, 0) is 73.5 Å². The van der Waals surface area contributed by atoms with Gasteiger partial charge in [-0.3, -0.25) is 9.79 Å². The van der Waals surface area contributed by atoms with Gasteiger partial charge in [-0.1, -0.05) is 6.08 Å². The molecule has 1 amide bonds. The number of allylic oxidation sites excluding steroid dienone is 1. The number of nitrogens with one attached hydrogen (secondary N) is 2. The molecule has 4 nitrogen and oxygen atoms in total. The number of aliphatic imine (C=N–C) groups is 1. The second-order valence-electron chi connectivity index (χ2n) is 8.44. The van der Waals surface area contributed by atoms with Crippen molar-refractivity contribution in [1.29, 1.82) is 0 Å². The van der Waals surface area contributed by atoms with Crippen LogP contribution in [-0.4, -0.2) is 29.7 Å². The summed E-state index contributed by atoms with van der Waals surface area (Å²) in [6, 6.07) is 2.24. The van der Waals surface area contributed by atoms with Crippen LogP contribution in [0.15, 0.2) is 29.4 Å². The van der Waals surface area contributed by atoms with Crippen LogP contribution < -0.4 is 5.32 Å². The Morgan fingerprint density at radius 1 is 1.20 bits per heavy atom. The topological polar surface area (TPSA) is 57.2 Å². The van der Waals surface area contributed by atoms with Gasteiger partial charge in [-0.2, -0.15) is 0 Å². The Balaban J connectivity index is 1.31. The summed E-state index contributed by atoms with van der Waals surface area (Å²) in [5.41, 5.74) is 1.50. The number of aromatic nitrogens is 1. The molecule has 1 aliphatic heterocycles. The van der Waals surface area contributed by atoms with Crippen LogP contribution in [0.4, 0.5) is 0 Å². The van der Waals surface area contributed by atoms with E-state index in [9.17, 15) is 4.79 Å². The number of aromatic amines is 1. The van der Waals surface area contributed by atoms with Gasteiger partial charge in [0, 0.05) is 18.5 Å². The highest BCUT2D eigenvalue weighted by molar-refractivity contribution is 6.26. The molecule has 2 N–H and O–H groups in total. The highest BCUT2D eigenvalue weighted by Gasteiger charge is 2.48. The fourth-order valence-electron chi connectivity index (χ4n) is 5.84. The maximum absolute atomic E-state index is 12.8. The molecule has 4 saturated carbocycles. The van der Waals surface area contributed by atoms with E-state index in [1.807, 2.05) is 24.4 Å². The zero-order chi connectivity index (χ0) is 17.0. The van der Waals surface area contributed by atoms with Crippen molar-refractivity contribution in [3.8, 4) is 0 Å². The molecule has 5 heteroatoms. The highest BCUT2D eigenvalue weighted by atomic mass is 35.5. The van der Waals surface area contributed by atoms with Crippen LogP contribution in [0.3, 0.4) is 0 Å². The summed E-state index contributed by atoms with van der Waals surface area (Å²) in [5, 5.41) is 3.35. The van der Waals surface area contributed by atoms with E-state index in [2.05, 4.69) is 15.3 Å². The number of rotatable bonds is 3. The standard InChI is InChI=1S/C20H24ClN3O/c21-20(2-1-3-22-11-20)16-9-17(23-10-16)19(25)24-18-14-5-12-4-13(7-14)8-15(18)6-12/h1-3,9-10,12-15,18,23H,4-8,11H2,(H,24,25). The van der Waals surface area contributed by atoms with Crippen LogP contribution in [0.5, 0.6) is 0 Å². The van der Waals surface area contributed by atoms with Gasteiger partial charge in [0.2, 0.25) is 0 Å². The van der Waals surface area contributed by atoms with Crippen molar-refractivity contribution in [2.24, 2.45) is 28.7 Å². The smallest absolute Gasteiger partial charge is 0.267 e.